The van der Waals surface area contributed by atoms with E-state index in [1.807, 2.05) is 13.0 Å². The summed E-state index contributed by atoms with van der Waals surface area (Å²) in [6.45, 7) is 3.44. The molecule has 106 valence electrons. The van der Waals surface area contributed by atoms with E-state index in [1.54, 1.807) is 12.1 Å². The van der Waals surface area contributed by atoms with E-state index in [1.165, 1.54) is 0 Å². The number of rotatable bonds is 3. The smallest absolute Gasteiger partial charge is 0.251 e. The first kappa shape index (κ1) is 13.1. The molecule has 0 bridgehead atoms. The molecule has 20 heavy (non-hydrogen) atoms. The summed E-state index contributed by atoms with van der Waals surface area (Å²) >= 11 is 0. The molecule has 2 amide bonds. The van der Waals surface area contributed by atoms with Crippen LogP contribution in [0.2, 0.25) is 0 Å². The SMILES string of the molecule is CC1OCCC1CNC(=O)c1ccc2c(c1)NC(=O)C2. The zero-order valence-corrected chi connectivity index (χ0v) is 11.4. The standard InChI is InChI=1S/C15H18N2O3/c1-9-12(4-5-20-9)8-16-15(19)11-3-2-10-7-14(18)17-13(10)6-11/h2-3,6,9,12H,4-5,7-8H2,1H3,(H,16,19)(H,17,18). The van der Waals surface area contributed by atoms with E-state index in [2.05, 4.69) is 10.6 Å². The van der Waals surface area contributed by atoms with Crippen molar-refractivity contribution in [3.05, 3.63) is 29.3 Å². The van der Waals surface area contributed by atoms with Crippen molar-refractivity contribution in [2.24, 2.45) is 5.92 Å². The van der Waals surface area contributed by atoms with Crippen LogP contribution in [-0.4, -0.2) is 31.1 Å². The van der Waals surface area contributed by atoms with E-state index in [0.29, 0.717) is 24.4 Å². The topological polar surface area (TPSA) is 67.4 Å². The maximum Gasteiger partial charge on any atom is 0.251 e. The highest BCUT2D eigenvalue weighted by atomic mass is 16.5. The molecular weight excluding hydrogens is 256 g/mol. The van der Waals surface area contributed by atoms with Crippen molar-refractivity contribution in [1.82, 2.24) is 5.32 Å². The zero-order valence-electron chi connectivity index (χ0n) is 11.4. The lowest BCUT2D eigenvalue weighted by Crippen LogP contribution is -2.31. The number of carbonyl (C=O) groups excluding carboxylic acids is 2. The van der Waals surface area contributed by atoms with Crippen LogP contribution in [-0.2, 0) is 16.0 Å². The van der Waals surface area contributed by atoms with Crippen molar-refractivity contribution in [2.45, 2.75) is 25.9 Å². The summed E-state index contributed by atoms with van der Waals surface area (Å²) in [6.07, 6.45) is 1.59. The summed E-state index contributed by atoms with van der Waals surface area (Å²) < 4.78 is 5.48. The normalized spacial score (nSPS) is 24.4. The molecule has 3 rings (SSSR count). The number of carbonyl (C=O) groups is 2. The minimum Gasteiger partial charge on any atom is -0.378 e. The van der Waals surface area contributed by atoms with Gasteiger partial charge >= 0.3 is 0 Å². The monoisotopic (exact) mass is 274 g/mol. The number of fused-ring (bicyclic) bond motifs is 1. The predicted octanol–water partition coefficient (Wildman–Crippen LogP) is 1.34. The van der Waals surface area contributed by atoms with Crippen LogP contribution in [0.25, 0.3) is 0 Å². The molecule has 2 N–H and O–H groups in total. The maximum atomic E-state index is 12.1. The van der Waals surface area contributed by atoms with Gasteiger partial charge in [0.05, 0.1) is 12.5 Å². The zero-order chi connectivity index (χ0) is 14.1. The molecule has 0 spiro atoms. The Morgan fingerprint density at radius 1 is 1.50 bits per heavy atom. The van der Waals surface area contributed by atoms with Gasteiger partial charge in [-0.25, -0.2) is 0 Å². The van der Waals surface area contributed by atoms with E-state index in [-0.39, 0.29) is 17.9 Å². The molecule has 1 fully saturated rings. The summed E-state index contributed by atoms with van der Waals surface area (Å²) in [5.41, 5.74) is 2.28. The Balaban J connectivity index is 1.63. The van der Waals surface area contributed by atoms with Crippen molar-refractivity contribution in [3.8, 4) is 0 Å². The van der Waals surface area contributed by atoms with E-state index in [0.717, 1.165) is 24.3 Å². The number of benzene rings is 1. The van der Waals surface area contributed by atoms with Crippen LogP contribution in [0.15, 0.2) is 18.2 Å². The average Bonchev–Trinajstić information content (AvgIpc) is 2.99. The first-order chi connectivity index (χ1) is 9.63. The lowest BCUT2D eigenvalue weighted by Gasteiger charge is -2.15. The van der Waals surface area contributed by atoms with Gasteiger partial charge in [0.25, 0.3) is 5.91 Å². The molecule has 1 aromatic rings. The molecule has 0 radical (unpaired) electrons. The van der Waals surface area contributed by atoms with Gasteiger partial charge in [0, 0.05) is 30.3 Å². The summed E-state index contributed by atoms with van der Waals surface area (Å²) in [5, 5.41) is 5.70. The minimum absolute atomic E-state index is 0.0190. The summed E-state index contributed by atoms with van der Waals surface area (Å²) in [4.78, 5) is 23.4. The number of nitrogens with one attached hydrogen (secondary N) is 2. The highest BCUT2D eigenvalue weighted by Crippen LogP contribution is 2.24. The second kappa shape index (κ2) is 5.25. The number of amides is 2. The van der Waals surface area contributed by atoms with Gasteiger partial charge in [-0.05, 0) is 31.0 Å². The lowest BCUT2D eigenvalue weighted by atomic mass is 10.0. The molecule has 0 aromatic heterocycles. The van der Waals surface area contributed by atoms with Crippen LogP contribution in [0.5, 0.6) is 0 Å². The van der Waals surface area contributed by atoms with Gasteiger partial charge < -0.3 is 15.4 Å². The van der Waals surface area contributed by atoms with E-state index in [4.69, 9.17) is 4.74 Å². The van der Waals surface area contributed by atoms with Gasteiger partial charge in [-0.2, -0.15) is 0 Å². The maximum absolute atomic E-state index is 12.1. The molecular formula is C15H18N2O3. The number of hydrogen-bond acceptors (Lipinski definition) is 3. The first-order valence-corrected chi connectivity index (χ1v) is 6.96. The fourth-order valence-corrected chi connectivity index (χ4v) is 2.73. The van der Waals surface area contributed by atoms with Crippen LogP contribution in [0.3, 0.4) is 0 Å². The molecule has 2 aliphatic rings. The van der Waals surface area contributed by atoms with E-state index < -0.39 is 0 Å². The number of hydrogen-bond donors (Lipinski definition) is 2. The molecule has 5 nitrogen and oxygen atoms in total. The fourth-order valence-electron chi connectivity index (χ4n) is 2.73. The van der Waals surface area contributed by atoms with Crippen molar-refractivity contribution in [2.75, 3.05) is 18.5 Å². The molecule has 2 unspecified atom stereocenters. The van der Waals surface area contributed by atoms with Crippen LogP contribution in [0.4, 0.5) is 5.69 Å². The molecule has 1 aromatic carbocycles. The Labute approximate surface area is 117 Å². The number of anilines is 1. The second-order valence-electron chi connectivity index (χ2n) is 5.43. The van der Waals surface area contributed by atoms with Crippen molar-refractivity contribution in [1.29, 1.82) is 0 Å². The molecule has 1 saturated heterocycles. The molecule has 2 aliphatic heterocycles. The van der Waals surface area contributed by atoms with Gasteiger partial charge in [-0.3, -0.25) is 9.59 Å². The Hall–Kier alpha value is -1.88. The van der Waals surface area contributed by atoms with E-state index in [9.17, 15) is 9.59 Å². The van der Waals surface area contributed by atoms with Crippen LogP contribution >= 0.6 is 0 Å². The first-order valence-electron chi connectivity index (χ1n) is 6.96. The van der Waals surface area contributed by atoms with E-state index >= 15 is 0 Å². The quantitative estimate of drug-likeness (QED) is 0.874. The molecule has 0 saturated carbocycles. The molecule has 5 heteroatoms. The van der Waals surface area contributed by atoms with Crippen LogP contribution in [0.1, 0.15) is 29.3 Å². The average molecular weight is 274 g/mol. The minimum atomic E-state index is -0.104. The predicted molar refractivity (Wildman–Crippen MR) is 74.6 cm³/mol. The van der Waals surface area contributed by atoms with Gasteiger partial charge in [-0.1, -0.05) is 6.07 Å². The third-order valence-electron chi connectivity index (χ3n) is 4.06. The third kappa shape index (κ3) is 2.54. The largest absolute Gasteiger partial charge is 0.378 e. The fraction of sp³-hybridized carbons (Fsp3) is 0.467. The van der Waals surface area contributed by atoms with Gasteiger partial charge in [-0.15, -0.1) is 0 Å². The van der Waals surface area contributed by atoms with Crippen molar-refractivity contribution < 1.29 is 14.3 Å². The van der Waals surface area contributed by atoms with Crippen LogP contribution in [0, 0.1) is 5.92 Å². The molecule has 0 aliphatic carbocycles. The van der Waals surface area contributed by atoms with Gasteiger partial charge in [0.2, 0.25) is 5.91 Å². The van der Waals surface area contributed by atoms with Crippen LogP contribution < -0.4 is 10.6 Å². The summed E-state index contributed by atoms with van der Waals surface area (Å²) in [6, 6.07) is 5.34. The summed E-state index contributed by atoms with van der Waals surface area (Å²) in [5.74, 6) is 0.260. The Morgan fingerprint density at radius 2 is 2.35 bits per heavy atom. The van der Waals surface area contributed by atoms with Crippen molar-refractivity contribution in [3.63, 3.8) is 0 Å². The molecule has 2 heterocycles. The Morgan fingerprint density at radius 3 is 3.10 bits per heavy atom. The van der Waals surface area contributed by atoms with Crippen molar-refractivity contribution >= 4 is 17.5 Å². The summed E-state index contributed by atoms with van der Waals surface area (Å²) in [7, 11) is 0. The lowest BCUT2D eigenvalue weighted by molar-refractivity contribution is -0.115. The van der Waals surface area contributed by atoms with Gasteiger partial charge in [0.15, 0.2) is 0 Å². The highest BCUT2D eigenvalue weighted by Gasteiger charge is 2.25. The second-order valence-corrected chi connectivity index (χ2v) is 5.43. The highest BCUT2D eigenvalue weighted by molar-refractivity contribution is 6.02. The molecule has 2 atom stereocenters. The Kier molecular flexibility index (Phi) is 3.44. The number of ether oxygens (including phenoxy) is 1. The third-order valence-corrected chi connectivity index (χ3v) is 4.06. The Bertz CT molecular complexity index is 556. The van der Waals surface area contributed by atoms with Gasteiger partial charge in [0.1, 0.15) is 0 Å².